The summed E-state index contributed by atoms with van der Waals surface area (Å²) in [4.78, 5) is 31.2. The molecule has 37 heavy (non-hydrogen) atoms. The summed E-state index contributed by atoms with van der Waals surface area (Å²) in [6.07, 6.45) is 7.63. The minimum atomic E-state index is -3.46. The van der Waals surface area contributed by atoms with Gasteiger partial charge in [-0.05, 0) is 35.2 Å². The second-order valence-corrected chi connectivity index (χ2v) is 11.1. The summed E-state index contributed by atoms with van der Waals surface area (Å²) in [7, 11) is -0.468. The Morgan fingerprint density at radius 3 is 2.30 bits per heavy atom. The van der Waals surface area contributed by atoms with Crippen molar-refractivity contribution in [1.82, 2.24) is 9.55 Å². The van der Waals surface area contributed by atoms with Gasteiger partial charge in [0.1, 0.15) is 12.9 Å². The Hall–Kier alpha value is -4.12. The zero-order valence-corrected chi connectivity index (χ0v) is 22.3. The Bertz CT molecular complexity index is 1580. The third-order valence-electron chi connectivity index (χ3n) is 5.35. The Labute approximate surface area is 215 Å². The first-order valence-corrected chi connectivity index (χ1v) is 13.1. The third kappa shape index (κ3) is 6.98. The summed E-state index contributed by atoms with van der Waals surface area (Å²) < 4.78 is 32.9. The maximum atomic E-state index is 12.5. The standard InChI is InChI=1S/C26H30N4O6S/c1-26(2,3)22-15-21(30-12-11-23(31)28-25(30)32)14-18(24(22)35-4)8-7-17-9-10-20(29-37(6,33)34)13-19(17)16-27-36-5/h7-16,29H,1-6H3,(H,28,31,32)/b8-7+,27-16+. The van der Waals surface area contributed by atoms with E-state index >= 15 is 0 Å². The van der Waals surface area contributed by atoms with Crippen LogP contribution >= 0.6 is 0 Å². The number of nitrogens with zero attached hydrogens (tertiary/aromatic N) is 2. The SMILES string of the molecule is CO/N=C/c1cc(NS(C)(=O)=O)ccc1/C=C/c1cc(-n2ccc(=O)[nH]c2=O)cc(C(C)(C)C)c1OC. The maximum Gasteiger partial charge on any atom is 0.332 e. The number of H-pyrrole nitrogens is 1. The molecule has 0 radical (unpaired) electrons. The van der Waals surface area contributed by atoms with Crippen LogP contribution < -0.4 is 20.7 Å². The van der Waals surface area contributed by atoms with Crippen LogP contribution in [0.15, 0.2) is 57.3 Å². The Morgan fingerprint density at radius 2 is 1.70 bits per heavy atom. The molecule has 0 atom stereocenters. The fraction of sp³-hybridized carbons (Fsp3) is 0.269. The van der Waals surface area contributed by atoms with E-state index in [0.29, 0.717) is 28.3 Å². The third-order valence-corrected chi connectivity index (χ3v) is 5.95. The monoisotopic (exact) mass is 526 g/mol. The number of aromatic amines is 1. The molecule has 11 heteroatoms. The van der Waals surface area contributed by atoms with Gasteiger partial charge in [-0.25, -0.2) is 13.2 Å². The first-order valence-electron chi connectivity index (χ1n) is 11.2. The highest BCUT2D eigenvalue weighted by Gasteiger charge is 2.22. The molecule has 2 N–H and O–H groups in total. The Morgan fingerprint density at radius 1 is 1.00 bits per heavy atom. The van der Waals surface area contributed by atoms with Gasteiger partial charge < -0.3 is 9.57 Å². The number of rotatable bonds is 8. The van der Waals surface area contributed by atoms with Crippen LogP contribution in [0, 0.1) is 0 Å². The van der Waals surface area contributed by atoms with E-state index in [9.17, 15) is 18.0 Å². The van der Waals surface area contributed by atoms with Gasteiger partial charge in [-0.3, -0.25) is 19.1 Å². The Kier molecular flexibility index (Phi) is 8.07. The second kappa shape index (κ2) is 10.9. The molecule has 3 rings (SSSR count). The highest BCUT2D eigenvalue weighted by atomic mass is 32.2. The van der Waals surface area contributed by atoms with Crippen LogP contribution in [0.3, 0.4) is 0 Å². The van der Waals surface area contributed by atoms with Gasteiger partial charge in [-0.15, -0.1) is 0 Å². The summed E-state index contributed by atoms with van der Waals surface area (Å²) in [5.41, 5.74) is 2.45. The largest absolute Gasteiger partial charge is 0.496 e. The summed E-state index contributed by atoms with van der Waals surface area (Å²) in [5.74, 6) is 0.632. The molecule has 1 aromatic heterocycles. The molecule has 10 nitrogen and oxygen atoms in total. The lowest BCUT2D eigenvalue weighted by atomic mass is 9.84. The molecule has 2 aromatic carbocycles. The average molecular weight is 527 g/mol. The summed E-state index contributed by atoms with van der Waals surface area (Å²) in [6.45, 7) is 6.10. The molecule has 196 valence electrons. The van der Waals surface area contributed by atoms with Crippen molar-refractivity contribution in [2.45, 2.75) is 26.2 Å². The summed E-state index contributed by atoms with van der Waals surface area (Å²) in [5, 5.41) is 3.82. The van der Waals surface area contributed by atoms with E-state index < -0.39 is 21.3 Å². The van der Waals surface area contributed by atoms with Crippen LogP contribution in [-0.4, -0.2) is 44.7 Å². The number of hydrogen-bond acceptors (Lipinski definition) is 7. The molecule has 0 saturated carbocycles. The van der Waals surface area contributed by atoms with Gasteiger partial charge in [0.2, 0.25) is 10.0 Å². The van der Waals surface area contributed by atoms with Crippen LogP contribution in [-0.2, 0) is 20.3 Å². The maximum absolute atomic E-state index is 12.5. The molecule has 3 aromatic rings. The van der Waals surface area contributed by atoms with Crippen LogP contribution in [0.1, 0.15) is 43.0 Å². The van der Waals surface area contributed by atoms with Gasteiger partial charge in [0.05, 0.1) is 25.3 Å². The highest BCUT2D eigenvalue weighted by molar-refractivity contribution is 7.92. The number of sulfonamides is 1. The number of anilines is 1. The number of oxime groups is 1. The molecule has 1 heterocycles. The van der Waals surface area contributed by atoms with Crippen LogP contribution in [0.25, 0.3) is 17.8 Å². The predicted octanol–water partition coefficient (Wildman–Crippen LogP) is 3.35. The lowest BCUT2D eigenvalue weighted by Crippen LogP contribution is -2.28. The Balaban J connectivity index is 2.20. The summed E-state index contributed by atoms with van der Waals surface area (Å²) in [6, 6.07) is 9.95. The van der Waals surface area contributed by atoms with Crippen molar-refractivity contribution in [2.24, 2.45) is 5.16 Å². The topological polar surface area (TPSA) is 132 Å². The zero-order valence-electron chi connectivity index (χ0n) is 21.5. The van der Waals surface area contributed by atoms with E-state index in [1.165, 1.54) is 30.2 Å². The summed E-state index contributed by atoms with van der Waals surface area (Å²) >= 11 is 0. The van der Waals surface area contributed by atoms with Gasteiger partial charge in [-0.2, -0.15) is 0 Å². The van der Waals surface area contributed by atoms with Crippen molar-refractivity contribution in [1.29, 1.82) is 0 Å². The molecule has 0 aliphatic carbocycles. The molecule has 0 unspecified atom stereocenters. The zero-order chi connectivity index (χ0) is 27.4. The molecule has 0 bridgehead atoms. The molecular weight excluding hydrogens is 496 g/mol. The normalized spacial score (nSPS) is 12.3. The molecule has 0 saturated heterocycles. The van der Waals surface area contributed by atoms with Crippen molar-refractivity contribution in [3.63, 3.8) is 0 Å². The van der Waals surface area contributed by atoms with E-state index in [2.05, 4.69) is 14.9 Å². The van der Waals surface area contributed by atoms with Gasteiger partial charge in [0.25, 0.3) is 5.56 Å². The minimum absolute atomic E-state index is 0.328. The lowest BCUT2D eigenvalue weighted by molar-refractivity contribution is 0.215. The van der Waals surface area contributed by atoms with Gasteiger partial charge in [0.15, 0.2) is 0 Å². The minimum Gasteiger partial charge on any atom is -0.496 e. The molecule has 0 aliphatic rings. The van der Waals surface area contributed by atoms with Crippen molar-refractivity contribution in [3.05, 3.63) is 85.7 Å². The second-order valence-electron chi connectivity index (χ2n) is 9.31. The average Bonchev–Trinajstić information content (AvgIpc) is 2.80. The van der Waals surface area contributed by atoms with Crippen LogP contribution in [0.4, 0.5) is 5.69 Å². The molecule has 0 fully saturated rings. The molecule has 0 aliphatic heterocycles. The molecule has 0 spiro atoms. The number of benzene rings is 2. The van der Waals surface area contributed by atoms with E-state index in [1.807, 2.05) is 39.0 Å². The lowest BCUT2D eigenvalue weighted by Gasteiger charge is -2.25. The number of aromatic nitrogens is 2. The van der Waals surface area contributed by atoms with Crippen molar-refractivity contribution < 1.29 is 18.0 Å². The first-order chi connectivity index (χ1) is 17.3. The van der Waals surface area contributed by atoms with Gasteiger partial charge >= 0.3 is 5.69 Å². The van der Waals surface area contributed by atoms with Gasteiger partial charge in [-0.1, -0.05) is 44.1 Å². The first kappa shape index (κ1) is 27.5. The fourth-order valence-electron chi connectivity index (χ4n) is 3.71. The van der Waals surface area contributed by atoms with Crippen molar-refractivity contribution in [3.8, 4) is 11.4 Å². The van der Waals surface area contributed by atoms with Gasteiger partial charge in [0, 0.05) is 34.6 Å². The van der Waals surface area contributed by atoms with E-state index in [-0.39, 0.29) is 5.41 Å². The molecule has 0 amide bonds. The highest BCUT2D eigenvalue weighted by Crippen LogP contribution is 2.37. The molecular formula is C26H30N4O6S. The predicted molar refractivity (Wildman–Crippen MR) is 146 cm³/mol. The quantitative estimate of drug-likeness (QED) is 0.263. The number of methoxy groups -OCH3 is 1. The van der Waals surface area contributed by atoms with Crippen molar-refractivity contribution >= 4 is 34.1 Å². The van der Waals surface area contributed by atoms with E-state index in [4.69, 9.17) is 9.57 Å². The van der Waals surface area contributed by atoms with E-state index in [0.717, 1.165) is 17.4 Å². The smallest absolute Gasteiger partial charge is 0.332 e. The van der Waals surface area contributed by atoms with Crippen LogP contribution in [0.2, 0.25) is 0 Å². The number of nitrogens with one attached hydrogen (secondary N) is 2. The fourth-order valence-corrected chi connectivity index (χ4v) is 4.26. The number of hydrogen-bond donors (Lipinski definition) is 2. The van der Waals surface area contributed by atoms with E-state index in [1.54, 1.807) is 31.4 Å². The van der Waals surface area contributed by atoms with Crippen LogP contribution in [0.5, 0.6) is 5.75 Å². The number of ether oxygens (including phenoxy) is 1. The van der Waals surface area contributed by atoms with Crippen molar-refractivity contribution in [2.75, 3.05) is 25.2 Å².